The van der Waals surface area contributed by atoms with E-state index in [-0.39, 0.29) is 23.7 Å². The summed E-state index contributed by atoms with van der Waals surface area (Å²) in [5, 5.41) is 4.74. The monoisotopic (exact) mass is 325 g/mol. The van der Waals surface area contributed by atoms with Crippen molar-refractivity contribution in [1.82, 2.24) is 9.88 Å². The normalized spacial score (nSPS) is 17.9. The first-order valence-corrected chi connectivity index (χ1v) is 8.08. The first kappa shape index (κ1) is 16.4. The summed E-state index contributed by atoms with van der Waals surface area (Å²) in [6, 6.07) is 0. The van der Waals surface area contributed by atoms with Crippen molar-refractivity contribution in [1.29, 1.82) is 0 Å². The Balaban J connectivity index is 1.93. The van der Waals surface area contributed by atoms with Gasteiger partial charge < -0.3 is 15.0 Å². The lowest BCUT2D eigenvalue weighted by atomic mass is 9.97. The average Bonchev–Trinajstić information content (AvgIpc) is 2.96. The molecule has 1 aliphatic heterocycles. The van der Waals surface area contributed by atoms with Gasteiger partial charge in [0, 0.05) is 25.4 Å². The van der Waals surface area contributed by atoms with Crippen molar-refractivity contribution in [2.24, 2.45) is 5.92 Å². The fourth-order valence-electron chi connectivity index (χ4n) is 2.27. The summed E-state index contributed by atoms with van der Waals surface area (Å²) < 4.78 is 4.96. The molecule has 7 nitrogen and oxygen atoms in total. The number of anilines is 1. The minimum atomic E-state index is -0.381. The smallest absolute Gasteiger partial charge is 0.409 e. The Bertz CT molecular complexity index is 572. The molecule has 1 aromatic rings. The number of carbonyl (C=O) groups is 3. The van der Waals surface area contributed by atoms with Crippen LogP contribution in [0.15, 0.2) is 5.38 Å². The van der Waals surface area contributed by atoms with Crippen LogP contribution in [0.2, 0.25) is 0 Å². The third-order valence-corrected chi connectivity index (χ3v) is 4.17. The maximum absolute atomic E-state index is 12.3. The van der Waals surface area contributed by atoms with E-state index in [1.807, 2.05) is 0 Å². The van der Waals surface area contributed by atoms with Crippen molar-refractivity contribution in [2.45, 2.75) is 26.7 Å². The van der Waals surface area contributed by atoms with Crippen LogP contribution in [0.3, 0.4) is 0 Å². The fraction of sp³-hybridized carbons (Fsp3) is 0.571. The molecule has 0 unspecified atom stereocenters. The Hall–Kier alpha value is -1.96. The quantitative estimate of drug-likeness (QED) is 0.857. The molecule has 1 saturated heterocycles. The molecule has 2 amide bonds. The molecule has 8 heteroatoms. The van der Waals surface area contributed by atoms with Crippen LogP contribution >= 0.6 is 11.3 Å². The molecule has 22 heavy (non-hydrogen) atoms. The predicted molar refractivity (Wildman–Crippen MR) is 82.1 cm³/mol. The lowest BCUT2D eigenvalue weighted by Crippen LogP contribution is -2.44. The van der Waals surface area contributed by atoms with E-state index in [2.05, 4.69) is 10.3 Å². The number of likely N-dealkylation sites (tertiary alicyclic amines) is 1. The molecule has 0 radical (unpaired) electrons. The summed E-state index contributed by atoms with van der Waals surface area (Å²) in [5.41, 5.74) is 0.345. The molecule has 1 atom stereocenters. The van der Waals surface area contributed by atoms with Crippen LogP contribution in [-0.4, -0.2) is 47.4 Å². The molecule has 0 aliphatic carbocycles. The minimum Gasteiger partial charge on any atom is -0.450 e. The van der Waals surface area contributed by atoms with Gasteiger partial charge in [0.2, 0.25) is 5.91 Å². The van der Waals surface area contributed by atoms with Crippen molar-refractivity contribution in [3.05, 3.63) is 11.1 Å². The summed E-state index contributed by atoms with van der Waals surface area (Å²) in [5.74, 6) is -0.607. The highest BCUT2D eigenvalue weighted by molar-refractivity contribution is 7.14. The molecule has 0 bridgehead atoms. The lowest BCUT2D eigenvalue weighted by Gasteiger charge is -2.30. The number of ether oxygens (including phenoxy) is 1. The van der Waals surface area contributed by atoms with Gasteiger partial charge in [-0.1, -0.05) is 0 Å². The van der Waals surface area contributed by atoms with E-state index in [1.165, 1.54) is 18.3 Å². The number of piperidine rings is 1. The van der Waals surface area contributed by atoms with Crippen LogP contribution in [-0.2, 0) is 9.53 Å². The van der Waals surface area contributed by atoms with Gasteiger partial charge in [-0.2, -0.15) is 0 Å². The number of rotatable bonds is 4. The van der Waals surface area contributed by atoms with Crippen LogP contribution in [0.1, 0.15) is 37.2 Å². The molecule has 1 N–H and O–H groups in total. The van der Waals surface area contributed by atoms with Crippen molar-refractivity contribution in [3.8, 4) is 0 Å². The zero-order valence-electron chi connectivity index (χ0n) is 12.6. The molecule has 1 aliphatic rings. The maximum Gasteiger partial charge on any atom is 0.409 e. The molecule has 2 rings (SSSR count). The van der Waals surface area contributed by atoms with Gasteiger partial charge in [-0.05, 0) is 19.8 Å². The van der Waals surface area contributed by atoms with Crippen molar-refractivity contribution in [2.75, 3.05) is 25.0 Å². The first-order chi connectivity index (χ1) is 10.5. The van der Waals surface area contributed by atoms with Gasteiger partial charge in [0.1, 0.15) is 5.69 Å². The second-order valence-corrected chi connectivity index (χ2v) is 5.93. The third-order valence-electron chi connectivity index (χ3n) is 3.41. The number of ketones is 1. The largest absolute Gasteiger partial charge is 0.450 e. The molecular formula is C14H19N3O4S. The van der Waals surface area contributed by atoms with Crippen molar-refractivity contribution in [3.63, 3.8) is 0 Å². The topological polar surface area (TPSA) is 88.6 Å². The summed E-state index contributed by atoms with van der Waals surface area (Å²) in [7, 11) is 0. The van der Waals surface area contributed by atoms with E-state index in [0.717, 1.165) is 6.42 Å². The van der Waals surface area contributed by atoms with E-state index >= 15 is 0 Å². The number of amides is 2. The van der Waals surface area contributed by atoms with Crippen molar-refractivity contribution >= 4 is 34.3 Å². The van der Waals surface area contributed by atoms with Crippen LogP contribution in [0.5, 0.6) is 0 Å². The van der Waals surface area contributed by atoms with E-state index < -0.39 is 0 Å². The van der Waals surface area contributed by atoms with Crippen LogP contribution in [0, 0.1) is 5.92 Å². The SMILES string of the molecule is CCOC(=O)N1CCC[C@H](C(=O)Nc2nc(C(C)=O)cs2)C1. The standard InChI is InChI=1S/C14H19N3O4S/c1-3-21-14(20)17-6-4-5-10(7-17)12(19)16-13-15-11(8-22-13)9(2)18/h8,10H,3-7H2,1-2H3,(H,15,16,19)/t10-/m0/s1. The number of carbonyl (C=O) groups excluding carboxylic acids is 3. The molecule has 0 saturated carbocycles. The van der Waals surface area contributed by atoms with E-state index in [0.29, 0.717) is 36.9 Å². The van der Waals surface area contributed by atoms with Gasteiger partial charge in [0.25, 0.3) is 0 Å². The molecule has 1 aromatic heterocycles. The van der Waals surface area contributed by atoms with Gasteiger partial charge in [-0.25, -0.2) is 9.78 Å². The van der Waals surface area contributed by atoms with Crippen LogP contribution < -0.4 is 5.32 Å². The molecule has 2 heterocycles. The van der Waals surface area contributed by atoms with E-state index in [1.54, 1.807) is 17.2 Å². The number of nitrogens with zero attached hydrogens (tertiary/aromatic N) is 2. The van der Waals surface area contributed by atoms with Gasteiger partial charge in [0.05, 0.1) is 12.5 Å². The Kier molecular flexibility index (Phi) is 5.48. The number of Topliss-reactive ketones (excluding diaryl/α,β-unsaturated/α-hetero) is 1. The summed E-state index contributed by atoms with van der Waals surface area (Å²) in [6.45, 7) is 4.45. The minimum absolute atomic E-state index is 0.136. The summed E-state index contributed by atoms with van der Waals surface area (Å²) in [6.07, 6.45) is 1.09. The average molecular weight is 325 g/mol. The van der Waals surface area contributed by atoms with E-state index in [4.69, 9.17) is 4.74 Å². The molecule has 0 aromatic carbocycles. The predicted octanol–water partition coefficient (Wildman–Crippen LogP) is 2.15. The second kappa shape index (κ2) is 7.35. The highest BCUT2D eigenvalue weighted by atomic mass is 32.1. The van der Waals surface area contributed by atoms with Gasteiger partial charge in [-0.3, -0.25) is 9.59 Å². The highest BCUT2D eigenvalue weighted by Crippen LogP contribution is 2.21. The zero-order valence-corrected chi connectivity index (χ0v) is 13.4. The maximum atomic E-state index is 12.3. The molecule has 0 spiro atoms. The fourth-order valence-corrected chi connectivity index (χ4v) is 3.02. The lowest BCUT2D eigenvalue weighted by molar-refractivity contribution is -0.121. The highest BCUT2D eigenvalue weighted by Gasteiger charge is 2.29. The van der Waals surface area contributed by atoms with E-state index in [9.17, 15) is 14.4 Å². The Morgan fingerprint density at radius 2 is 2.27 bits per heavy atom. The van der Waals surface area contributed by atoms with Gasteiger partial charge in [0.15, 0.2) is 10.9 Å². The number of thiazole rings is 1. The van der Waals surface area contributed by atoms with Crippen molar-refractivity contribution < 1.29 is 19.1 Å². The third kappa shape index (κ3) is 4.03. The number of aromatic nitrogens is 1. The number of nitrogens with one attached hydrogen (secondary N) is 1. The second-order valence-electron chi connectivity index (χ2n) is 5.07. The molecular weight excluding hydrogens is 306 g/mol. The molecule has 120 valence electrons. The number of hydrogen-bond donors (Lipinski definition) is 1. The summed E-state index contributed by atoms with van der Waals surface area (Å²) >= 11 is 1.22. The molecule has 1 fully saturated rings. The summed E-state index contributed by atoms with van der Waals surface area (Å²) in [4.78, 5) is 40.8. The van der Waals surface area contributed by atoms with Gasteiger partial charge >= 0.3 is 6.09 Å². The van der Waals surface area contributed by atoms with Crippen LogP contribution in [0.25, 0.3) is 0 Å². The Morgan fingerprint density at radius 1 is 1.50 bits per heavy atom. The van der Waals surface area contributed by atoms with Gasteiger partial charge in [-0.15, -0.1) is 11.3 Å². The Morgan fingerprint density at radius 3 is 2.91 bits per heavy atom. The zero-order chi connectivity index (χ0) is 16.1. The first-order valence-electron chi connectivity index (χ1n) is 7.20. The Labute approximate surface area is 132 Å². The van der Waals surface area contributed by atoms with Crippen LogP contribution in [0.4, 0.5) is 9.93 Å². The number of hydrogen-bond acceptors (Lipinski definition) is 6.